The van der Waals surface area contributed by atoms with Crippen molar-refractivity contribution in [2.24, 2.45) is 0 Å². The molecule has 4 nitrogen and oxygen atoms in total. The second-order valence-electron chi connectivity index (χ2n) is 8.00. The highest BCUT2D eigenvalue weighted by Crippen LogP contribution is 2.36. The normalized spacial score (nSPS) is 14.6. The monoisotopic (exact) mass is 376 g/mol. The Kier molecular flexibility index (Phi) is 5.47. The lowest BCUT2D eigenvalue weighted by molar-refractivity contribution is -0.117. The zero-order chi connectivity index (χ0) is 19.5. The number of carbonyl (C=O) groups excluding carboxylic acids is 1. The average molecular weight is 377 g/mol. The summed E-state index contributed by atoms with van der Waals surface area (Å²) in [6, 6.07) is 12.7. The molecular formula is C24H28N2O2. The summed E-state index contributed by atoms with van der Waals surface area (Å²) in [5, 5.41) is 0. The lowest BCUT2D eigenvalue weighted by atomic mass is 9.92. The van der Waals surface area contributed by atoms with E-state index < -0.39 is 0 Å². The second-order valence-corrected chi connectivity index (χ2v) is 8.00. The van der Waals surface area contributed by atoms with Crippen molar-refractivity contribution < 1.29 is 9.53 Å². The van der Waals surface area contributed by atoms with Crippen molar-refractivity contribution in [2.75, 3.05) is 0 Å². The average Bonchev–Trinajstić information content (AvgIpc) is 3.34. The molecule has 4 heteroatoms. The number of carbonyl (C=O) groups is 1. The number of aryl methyl sites for hydroxylation is 2. The first kappa shape index (κ1) is 18.7. The van der Waals surface area contributed by atoms with Crippen LogP contribution in [0, 0.1) is 6.92 Å². The molecule has 0 radical (unpaired) electrons. The van der Waals surface area contributed by atoms with Crippen molar-refractivity contribution in [2.45, 2.75) is 65.0 Å². The highest BCUT2D eigenvalue weighted by Gasteiger charge is 2.18. The van der Waals surface area contributed by atoms with Crippen LogP contribution in [0.5, 0.6) is 5.75 Å². The molecule has 4 rings (SSSR count). The van der Waals surface area contributed by atoms with Gasteiger partial charge in [0.25, 0.3) is 0 Å². The van der Waals surface area contributed by atoms with Gasteiger partial charge in [0.05, 0.1) is 17.4 Å². The Labute approximate surface area is 166 Å². The third-order valence-corrected chi connectivity index (χ3v) is 5.83. The van der Waals surface area contributed by atoms with E-state index in [9.17, 15) is 4.79 Å². The minimum absolute atomic E-state index is 0.191. The van der Waals surface area contributed by atoms with Gasteiger partial charge in [-0.1, -0.05) is 31.0 Å². The first-order valence-electron chi connectivity index (χ1n) is 10.3. The summed E-state index contributed by atoms with van der Waals surface area (Å²) >= 11 is 0. The van der Waals surface area contributed by atoms with E-state index in [1.165, 1.54) is 42.4 Å². The molecule has 0 unspecified atom stereocenters. The molecule has 0 spiro atoms. The largest absolute Gasteiger partial charge is 0.489 e. The van der Waals surface area contributed by atoms with Gasteiger partial charge < -0.3 is 9.30 Å². The third kappa shape index (κ3) is 4.11. The summed E-state index contributed by atoms with van der Waals surface area (Å²) in [6.07, 6.45) is 7.71. The molecular weight excluding hydrogens is 348 g/mol. The van der Waals surface area contributed by atoms with Crippen LogP contribution < -0.4 is 4.74 Å². The Morgan fingerprint density at radius 2 is 2.00 bits per heavy atom. The molecule has 3 aromatic rings. The lowest BCUT2D eigenvalue weighted by Gasteiger charge is -2.15. The van der Waals surface area contributed by atoms with Crippen LogP contribution in [0.2, 0.25) is 0 Å². The van der Waals surface area contributed by atoms with E-state index >= 15 is 0 Å². The Bertz CT molecular complexity index is 983. The predicted molar refractivity (Wildman–Crippen MR) is 112 cm³/mol. The van der Waals surface area contributed by atoms with E-state index in [0.29, 0.717) is 19.6 Å². The van der Waals surface area contributed by atoms with Crippen molar-refractivity contribution in [3.05, 3.63) is 59.4 Å². The molecule has 1 saturated carbocycles. The molecule has 0 aliphatic heterocycles. The van der Waals surface area contributed by atoms with Crippen LogP contribution in [0.4, 0.5) is 0 Å². The fraction of sp³-hybridized carbons (Fsp3) is 0.417. The molecule has 1 aliphatic rings. The first-order chi connectivity index (χ1) is 13.6. The number of ketones is 1. The Morgan fingerprint density at radius 3 is 2.75 bits per heavy atom. The maximum Gasteiger partial charge on any atom is 0.131 e. The van der Waals surface area contributed by atoms with Gasteiger partial charge in [0.1, 0.15) is 18.1 Å². The lowest BCUT2D eigenvalue weighted by Crippen LogP contribution is -2.01. The third-order valence-electron chi connectivity index (χ3n) is 5.83. The molecule has 1 aromatic heterocycles. The maximum absolute atomic E-state index is 11.2. The number of fused-ring (bicyclic) bond motifs is 1. The molecule has 1 heterocycles. The minimum Gasteiger partial charge on any atom is -0.489 e. The maximum atomic E-state index is 11.2. The highest BCUT2D eigenvalue weighted by atomic mass is 16.5. The predicted octanol–water partition coefficient (Wildman–Crippen LogP) is 5.56. The van der Waals surface area contributed by atoms with Crippen molar-refractivity contribution in [3.8, 4) is 5.75 Å². The molecule has 0 atom stereocenters. The molecule has 28 heavy (non-hydrogen) atoms. The van der Waals surface area contributed by atoms with E-state index in [1.54, 1.807) is 13.3 Å². The number of aromatic nitrogens is 2. The zero-order valence-electron chi connectivity index (χ0n) is 16.8. The Hall–Kier alpha value is -2.62. The molecule has 1 fully saturated rings. The van der Waals surface area contributed by atoms with Crippen LogP contribution >= 0.6 is 0 Å². The number of benzene rings is 2. The first-order valence-corrected chi connectivity index (χ1v) is 10.3. The summed E-state index contributed by atoms with van der Waals surface area (Å²) < 4.78 is 8.04. The van der Waals surface area contributed by atoms with Crippen LogP contribution in [0.3, 0.4) is 0 Å². The fourth-order valence-electron chi connectivity index (χ4n) is 4.28. The van der Waals surface area contributed by atoms with Crippen molar-refractivity contribution in [1.29, 1.82) is 0 Å². The number of hydrogen-bond acceptors (Lipinski definition) is 3. The van der Waals surface area contributed by atoms with Crippen LogP contribution in [0.1, 0.15) is 61.6 Å². The van der Waals surface area contributed by atoms with Crippen LogP contribution in [-0.4, -0.2) is 15.3 Å². The summed E-state index contributed by atoms with van der Waals surface area (Å²) in [6.45, 7) is 5.06. The quantitative estimate of drug-likeness (QED) is 0.542. The summed E-state index contributed by atoms with van der Waals surface area (Å²) in [4.78, 5) is 15.7. The van der Waals surface area contributed by atoms with Crippen LogP contribution in [-0.2, 0) is 17.9 Å². The summed E-state index contributed by atoms with van der Waals surface area (Å²) in [5.41, 5.74) is 6.02. The molecule has 146 valence electrons. The fourth-order valence-corrected chi connectivity index (χ4v) is 4.28. The van der Waals surface area contributed by atoms with Gasteiger partial charge in [-0.15, -0.1) is 0 Å². The van der Waals surface area contributed by atoms with Crippen LogP contribution in [0.15, 0.2) is 42.7 Å². The number of nitrogens with zero attached hydrogens (tertiary/aromatic N) is 2. The molecule has 0 amide bonds. The van der Waals surface area contributed by atoms with Crippen molar-refractivity contribution >= 4 is 16.8 Å². The van der Waals surface area contributed by atoms with Gasteiger partial charge in [-0.2, -0.15) is 0 Å². The Balaban J connectivity index is 1.42. The second kappa shape index (κ2) is 8.17. The van der Waals surface area contributed by atoms with Gasteiger partial charge in [-0.25, -0.2) is 4.98 Å². The van der Waals surface area contributed by atoms with Crippen LogP contribution in [0.25, 0.3) is 11.0 Å². The SMILES string of the molecule is CC(=O)CCn1cnc2cc(OCc3ccc(C4CCCC4)c(C)c3)ccc21. The molecule has 0 bridgehead atoms. The van der Waals surface area contributed by atoms with Crippen molar-refractivity contribution in [1.82, 2.24) is 9.55 Å². The van der Waals surface area contributed by atoms with E-state index in [4.69, 9.17) is 4.74 Å². The van der Waals surface area contributed by atoms with Gasteiger partial charge in [0.2, 0.25) is 0 Å². The topological polar surface area (TPSA) is 44.1 Å². The number of rotatable bonds is 7. The summed E-state index contributed by atoms with van der Waals surface area (Å²) in [5.74, 6) is 1.76. The number of ether oxygens (including phenoxy) is 1. The molecule has 1 aliphatic carbocycles. The Morgan fingerprint density at radius 1 is 1.18 bits per heavy atom. The van der Waals surface area contributed by atoms with Gasteiger partial charge in [-0.3, -0.25) is 4.79 Å². The smallest absolute Gasteiger partial charge is 0.131 e. The van der Waals surface area contributed by atoms with E-state index in [2.05, 4.69) is 30.1 Å². The number of Topliss-reactive ketones (excluding diaryl/α,β-unsaturated/α-hetero) is 1. The minimum atomic E-state index is 0.191. The van der Waals surface area contributed by atoms with E-state index in [-0.39, 0.29) is 5.78 Å². The van der Waals surface area contributed by atoms with Gasteiger partial charge in [0, 0.05) is 19.0 Å². The van der Waals surface area contributed by atoms with Crippen molar-refractivity contribution in [3.63, 3.8) is 0 Å². The van der Waals surface area contributed by atoms with E-state index in [1.807, 2.05) is 22.8 Å². The standard InChI is InChI=1S/C24H28N2O2/c1-17-13-19(7-9-22(17)20-5-3-4-6-20)15-28-21-8-10-24-23(14-21)25-16-26(24)12-11-18(2)27/h7-10,13-14,16,20H,3-6,11-12,15H2,1-2H3. The number of hydrogen-bond donors (Lipinski definition) is 0. The highest BCUT2D eigenvalue weighted by molar-refractivity contribution is 5.78. The molecule has 0 saturated heterocycles. The van der Waals surface area contributed by atoms with Gasteiger partial charge >= 0.3 is 0 Å². The van der Waals surface area contributed by atoms with E-state index in [0.717, 1.165) is 22.7 Å². The molecule has 2 aromatic carbocycles. The van der Waals surface area contributed by atoms with Gasteiger partial charge in [0.15, 0.2) is 0 Å². The summed E-state index contributed by atoms with van der Waals surface area (Å²) in [7, 11) is 0. The molecule has 0 N–H and O–H groups in total. The van der Waals surface area contributed by atoms with Gasteiger partial charge in [-0.05, 0) is 61.4 Å². The zero-order valence-corrected chi connectivity index (χ0v) is 16.8. The number of imidazole rings is 1.